The molecule has 0 spiro atoms. The van der Waals surface area contributed by atoms with E-state index in [1.807, 2.05) is 0 Å². The van der Waals surface area contributed by atoms with Crippen LogP contribution in [0.4, 0.5) is 0 Å². The fourth-order valence-corrected chi connectivity index (χ4v) is 12.9. The van der Waals surface area contributed by atoms with Crippen molar-refractivity contribution in [3.05, 3.63) is 72.8 Å². The lowest BCUT2D eigenvalue weighted by atomic mass is 9.73. The maximum absolute atomic E-state index is 13.9. The molecule has 0 radical (unpaired) electrons. The summed E-state index contributed by atoms with van der Waals surface area (Å²) in [4.78, 5) is 0.393. The van der Waals surface area contributed by atoms with Crippen LogP contribution in [0.3, 0.4) is 0 Å². The zero-order valence-corrected chi connectivity index (χ0v) is 18.3. The lowest BCUT2D eigenvalue weighted by molar-refractivity contribution is 0.0967. The van der Waals surface area contributed by atoms with Crippen LogP contribution >= 0.6 is 0 Å². The van der Waals surface area contributed by atoms with E-state index in [-0.39, 0.29) is 33.5 Å². The molecule has 8 atom stereocenters. The summed E-state index contributed by atoms with van der Waals surface area (Å²) in [6, 6.07) is 16.6. The topological polar surface area (TPSA) is 80.8 Å². The van der Waals surface area contributed by atoms with Crippen LogP contribution in [0.15, 0.2) is 82.6 Å². The molecule has 2 aromatic rings. The van der Waals surface area contributed by atoms with Gasteiger partial charge < -0.3 is 4.74 Å². The largest absolute Gasteiger partial charge is 0.361 e. The predicted molar refractivity (Wildman–Crippen MR) is 114 cm³/mol. The lowest BCUT2D eigenvalue weighted by Gasteiger charge is -2.36. The maximum atomic E-state index is 13.9. The van der Waals surface area contributed by atoms with E-state index >= 15 is 0 Å². The third kappa shape index (κ3) is 1.90. The summed E-state index contributed by atoms with van der Waals surface area (Å²) in [6.45, 7) is 0. The van der Waals surface area contributed by atoms with Crippen molar-refractivity contribution in [1.29, 1.82) is 0 Å². The smallest absolute Gasteiger partial charge is 0.182 e. The van der Waals surface area contributed by atoms with Gasteiger partial charge in [-0.25, -0.2) is 16.8 Å². The van der Waals surface area contributed by atoms with Crippen LogP contribution in [0.2, 0.25) is 0 Å². The van der Waals surface area contributed by atoms with Crippen molar-refractivity contribution >= 4 is 19.7 Å². The summed E-state index contributed by atoms with van der Waals surface area (Å²) in [5, 5.41) is -1.98. The van der Waals surface area contributed by atoms with E-state index < -0.39 is 41.4 Å². The van der Waals surface area contributed by atoms with E-state index in [4.69, 9.17) is 4.74 Å². The average Bonchev–Trinajstić information content (AvgIpc) is 3.16. The highest BCUT2D eigenvalue weighted by atomic mass is 32.2. The first-order valence-corrected chi connectivity index (χ1v) is 13.9. The van der Waals surface area contributed by atoms with Gasteiger partial charge in [-0.15, -0.1) is 0 Å². The van der Waals surface area contributed by atoms with E-state index in [0.29, 0.717) is 6.42 Å². The van der Waals surface area contributed by atoms with E-state index in [9.17, 15) is 16.8 Å². The normalized spacial score (nSPS) is 43.7. The Morgan fingerprint density at radius 3 is 1.48 bits per heavy atom. The molecule has 5 aliphatic rings. The van der Waals surface area contributed by atoms with Crippen LogP contribution in [0, 0.1) is 23.7 Å². The van der Waals surface area contributed by atoms with Crippen LogP contribution < -0.4 is 0 Å². The van der Waals surface area contributed by atoms with Gasteiger partial charge in [0.1, 0.15) is 11.2 Å². The summed E-state index contributed by atoms with van der Waals surface area (Å²) in [5.41, 5.74) is -0.987. The minimum atomic E-state index is -3.86. The number of sulfone groups is 2. The van der Waals surface area contributed by atoms with E-state index in [1.165, 1.54) is 0 Å². The summed E-state index contributed by atoms with van der Waals surface area (Å²) in [6.07, 6.45) is 5.89. The van der Waals surface area contributed by atoms with Crippen molar-refractivity contribution in [2.75, 3.05) is 0 Å². The molecule has 7 heteroatoms. The number of ether oxygens (including phenoxy) is 1. The molecule has 0 N–H and O–H groups in total. The molecular weight excluding hydrogens is 432 g/mol. The SMILES string of the molecule is O=S(=O)(c1ccccc1)[C@@H]1C2CC([C@@H]1S(=O)(=O)c1ccccc1)C13OC21C1C=CC3C1. The summed E-state index contributed by atoms with van der Waals surface area (Å²) >= 11 is 0. The van der Waals surface area contributed by atoms with Crippen molar-refractivity contribution in [3.63, 3.8) is 0 Å². The van der Waals surface area contributed by atoms with E-state index in [2.05, 4.69) is 12.2 Å². The average molecular weight is 455 g/mol. The van der Waals surface area contributed by atoms with Gasteiger partial charge in [-0.1, -0.05) is 48.6 Å². The van der Waals surface area contributed by atoms with Crippen LogP contribution in [0.25, 0.3) is 0 Å². The Balaban J connectivity index is 1.44. The lowest BCUT2D eigenvalue weighted by Crippen LogP contribution is -2.54. The van der Waals surface area contributed by atoms with Gasteiger partial charge in [-0.2, -0.15) is 0 Å². The van der Waals surface area contributed by atoms with Crippen LogP contribution in [-0.2, 0) is 24.4 Å². The second-order valence-electron chi connectivity index (χ2n) is 9.62. The van der Waals surface area contributed by atoms with Crippen LogP contribution in [0.5, 0.6) is 0 Å². The van der Waals surface area contributed by atoms with Gasteiger partial charge in [0.05, 0.1) is 20.3 Å². The first-order valence-electron chi connectivity index (χ1n) is 10.8. The summed E-state index contributed by atoms with van der Waals surface area (Å²) in [7, 11) is -7.73. The number of fused-ring (bicyclic) bond motifs is 4. The molecule has 1 saturated heterocycles. The van der Waals surface area contributed by atoms with Crippen LogP contribution in [-0.4, -0.2) is 38.5 Å². The van der Waals surface area contributed by atoms with Gasteiger partial charge in [0, 0.05) is 23.7 Å². The fraction of sp³-hybridized carbons (Fsp3) is 0.417. The fourth-order valence-electron chi connectivity index (χ4n) is 7.76. The highest BCUT2D eigenvalue weighted by molar-refractivity contribution is 7.96. The van der Waals surface area contributed by atoms with Crippen molar-refractivity contribution in [3.8, 4) is 0 Å². The highest BCUT2D eigenvalue weighted by Crippen LogP contribution is 2.84. The molecule has 3 saturated carbocycles. The second kappa shape index (κ2) is 5.50. The van der Waals surface area contributed by atoms with Crippen molar-refractivity contribution < 1.29 is 21.6 Å². The minimum absolute atomic E-state index is 0.196. The number of hydrogen-bond acceptors (Lipinski definition) is 5. The van der Waals surface area contributed by atoms with Crippen molar-refractivity contribution in [2.24, 2.45) is 23.7 Å². The molecule has 2 aromatic carbocycles. The van der Waals surface area contributed by atoms with Gasteiger partial charge in [-0.3, -0.25) is 0 Å². The monoisotopic (exact) mass is 454 g/mol. The van der Waals surface area contributed by atoms with Gasteiger partial charge in [0.2, 0.25) is 0 Å². The zero-order chi connectivity index (χ0) is 21.2. The third-order valence-electron chi connectivity index (χ3n) is 8.68. The maximum Gasteiger partial charge on any atom is 0.182 e. The van der Waals surface area contributed by atoms with E-state index in [0.717, 1.165) is 6.42 Å². The minimum Gasteiger partial charge on any atom is -0.361 e. The molecule has 4 fully saturated rings. The molecule has 7 rings (SSSR count). The first kappa shape index (κ1) is 18.6. The predicted octanol–water partition coefficient (Wildman–Crippen LogP) is 3.03. The Hall–Kier alpha value is -1.96. The zero-order valence-electron chi connectivity index (χ0n) is 16.7. The Bertz CT molecular complexity index is 1230. The van der Waals surface area contributed by atoms with Gasteiger partial charge in [0.25, 0.3) is 0 Å². The van der Waals surface area contributed by atoms with Gasteiger partial charge in [-0.05, 0) is 37.1 Å². The van der Waals surface area contributed by atoms with E-state index in [1.54, 1.807) is 60.7 Å². The molecule has 4 bridgehead atoms. The Labute approximate surface area is 182 Å². The van der Waals surface area contributed by atoms with Crippen molar-refractivity contribution in [2.45, 2.75) is 44.3 Å². The molecule has 6 unspecified atom stereocenters. The first-order chi connectivity index (χ1) is 14.8. The highest BCUT2D eigenvalue weighted by Gasteiger charge is 2.94. The Kier molecular flexibility index (Phi) is 3.30. The molecule has 160 valence electrons. The molecule has 1 heterocycles. The van der Waals surface area contributed by atoms with Crippen LogP contribution in [0.1, 0.15) is 12.8 Å². The molecule has 1 aliphatic heterocycles. The van der Waals surface area contributed by atoms with Gasteiger partial charge >= 0.3 is 0 Å². The molecule has 0 amide bonds. The molecule has 4 aliphatic carbocycles. The van der Waals surface area contributed by atoms with Gasteiger partial charge in [0.15, 0.2) is 19.7 Å². The molecule has 5 nitrogen and oxygen atoms in total. The van der Waals surface area contributed by atoms with Crippen molar-refractivity contribution in [1.82, 2.24) is 0 Å². The number of epoxide rings is 1. The Morgan fingerprint density at radius 2 is 1.06 bits per heavy atom. The number of benzene rings is 2. The molecule has 0 aromatic heterocycles. The summed E-state index contributed by atoms with van der Waals surface area (Å²) < 4.78 is 62.2. The number of rotatable bonds is 4. The third-order valence-corrected chi connectivity index (χ3v) is 13.4. The number of hydrogen-bond donors (Lipinski definition) is 0. The second-order valence-corrected chi connectivity index (χ2v) is 13.8. The Morgan fingerprint density at radius 1 is 0.645 bits per heavy atom. The molecular formula is C24H22O5S2. The molecule has 31 heavy (non-hydrogen) atoms. The summed E-state index contributed by atoms with van der Waals surface area (Å²) in [5.74, 6) is -0.208. The standard InChI is InChI=1S/C24H22O5S2/c25-30(26,17-7-3-1-4-8-17)21-19-14-20(22(21)31(27,28)18-9-5-2-6-10-18)24-16-12-11-15(13-16)23(19,24)29-24/h1-12,15-16,19-22H,13-14H2/t15?,16?,19?,20?,21-,22+,23?,24?. The quantitative estimate of drug-likeness (QED) is 0.524.